The maximum Gasteiger partial charge on any atom is 0.573 e. The summed E-state index contributed by atoms with van der Waals surface area (Å²) in [6.45, 7) is 0.515. The Morgan fingerprint density at radius 3 is 2.28 bits per heavy atom. The van der Waals surface area contributed by atoms with Gasteiger partial charge in [0.2, 0.25) is 0 Å². The number of rotatable bonds is 3. The molecule has 0 spiro atoms. The third-order valence-electron chi connectivity index (χ3n) is 4.00. The van der Waals surface area contributed by atoms with Gasteiger partial charge in [-0.15, -0.1) is 13.2 Å². The minimum absolute atomic E-state index is 0.224. The summed E-state index contributed by atoms with van der Waals surface area (Å²) in [4.78, 5) is 4.42. The maximum absolute atomic E-state index is 12.2. The number of hydrogen-bond acceptors (Lipinski definition) is 2. The van der Waals surface area contributed by atoms with Crippen LogP contribution in [-0.4, -0.2) is 15.9 Å². The molecule has 1 aromatic heterocycles. The normalized spacial score (nSPS) is 12.0. The molecular formula is C19H13F3N2O. The summed E-state index contributed by atoms with van der Waals surface area (Å²) in [7, 11) is 0. The third-order valence-corrected chi connectivity index (χ3v) is 4.00. The van der Waals surface area contributed by atoms with Crippen molar-refractivity contribution >= 4 is 21.8 Å². The molecule has 4 aromatic rings. The molecule has 0 aliphatic carbocycles. The standard InChI is InChI=1S/C19H13F3N2O/c20-19(21,22)25-16-7-5-13(6-8-16)11-24-12-23-17-9-14-3-1-2-4-15(14)10-18(17)24/h1-10,12H,11H2. The van der Waals surface area contributed by atoms with E-state index in [0.717, 1.165) is 27.4 Å². The van der Waals surface area contributed by atoms with Crippen LogP contribution in [0.3, 0.4) is 0 Å². The van der Waals surface area contributed by atoms with Gasteiger partial charge >= 0.3 is 6.36 Å². The Balaban J connectivity index is 1.63. The zero-order valence-corrected chi connectivity index (χ0v) is 13.0. The third kappa shape index (κ3) is 3.28. The van der Waals surface area contributed by atoms with E-state index in [-0.39, 0.29) is 5.75 Å². The molecule has 0 saturated carbocycles. The lowest BCUT2D eigenvalue weighted by atomic mass is 10.1. The lowest BCUT2D eigenvalue weighted by Gasteiger charge is -2.10. The van der Waals surface area contributed by atoms with Gasteiger partial charge in [0.05, 0.1) is 17.4 Å². The van der Waals surface area contributed by atoms with Gasteiger partial charge in [-0.05, 0) is 40.6 Å². The van der Waals surface area contributed by atoms with E-state index in [1.54, 1.807) is 18.5 Å². The molecule has 0 fully saturated rings. The predicted octanol–water partition coefficient (Wildman–Crippen LogP) is 5.14. The van der Waals surface area contributed by atoms with E-state index < -0.39 is 6.36 Å². The van der Waals surface area contributed by atoms with Crippen molar-refractivity contribution in [2.24, 2.45) is 0 Å². The van der Waals surface area contributed by atoms with Crippen molar-refractivity contribution in [2.45, 2.75) is 12.9 Å². The summed E-state index contributed by atoms with van der Waals surface area (Å²) < 4.78 is 42.5. The van der Waals surface area contributed by atoms with E-state index in [2.05, 4.69) is 15.8 Å². The second kappa shape index (κ2) is 5.81. The fourth-order valence-electron chi connectivity index (χ4n) is 2.86. The van der Waals surface area contributed by atoms with E-state index in [1.165, 1.54) is 12.1 Å². The SMILES string of the molecule is FC(F)(F)Oc1ccc(Cn2cnc3cc4ccccc4cc32)cc1. The van der Waals surface area contributed by atoms with Crippen molar-refractivity contribution in [1.82, 2.24) is 9.55 Å². The quantitative estimate of drug-likeness (QED) is 0.516. The van der Waals surface area contributed by atoms with Gasteiger partial charge in [-0.2, -0.15) is 0 Å². The number of nitrogens with zero attached hydrogens (tertiary/aromatic N) is 2. The number of ether oxygens (including phenoxy) is 1. The summed E-state index contributed by atoms with van der Waals surface area (Å²) >= 11 is 0. The van der Waals surface area contributed by atoms with Gasteiger partial charge in [0.1, 0.15) is 5.75 Å². The first kappa shape index (κ1) is 15.5. The smallest absolute Gasteiger partial charge is 0.406 e. The number of halogens is 3. The van der Waals surface area contributed by atoms with E-state index in [9.17, 15) is 13.2 Å². The van der Waals surface area contributed by atoms with Gasteiger partial charge in [0.25, 0.3) is 0 Å². The van der Waals surface area contributed by atoms with Crippen LogP contribution >= 0.6 is 0 Å². The lowest BCUT2D eigenvalue weighted by Crippen LogP contribution is -2.17. The van der Waals surface area contributed by atoms with E-state index in [0.29, 0.717) is 6.54 Å². The molecule has 0 saturated heterocycles. The highest BCUT2D eigenvalue weighted by Crippen LogP contribution is 2.25. The lowest BCUT2D eigenvalue weighted by molar-refractivity contribution is -0.274. The summed E-state index contributed by atoms with van der Waals surface area (Å²) in [5.41, 5.74) is 2.73. The summed E-state index contributed by atoms with van der Waals surface area (Å²) in [6.07, 6.45) is -2.94. The maximum atomic E-state index is 12.2. The predicted molar refractivity (Wildman–Crippen MR) is 89.5 cm³/mol. The second-order valence-corrected chi connectivity index (χ2v) is 5.75. The van der Waals surface area contributed by atoms with E-state index in [4.69, 9.17) is 0 Å². The molecule has 0 atom stereocenters. The molecule has 0 N–H and O–H groups in total. The fraction of sp³-hybridized carbons (Fsp3) is 0.105. The molecule has 1 heterocycles. The minimum atomic E-state index is -4.68. The van der Waals surface area contributed by atoms with E-state index >= 15 is 0 Å². The van der Waals surface area contributed by atoms with Crippen molar-refractivity contribution < 1.29 is 17.9 Å². The molecule has 0 bridgehead atoms. The van der Waals surface area contributed by atoms with Gasteiger partial charge in [-0.3, -0.25) is 0 Å². The van der Waals surface area contributed by atoms with Crippen LogP contribution in [0.25, 0.3) is 21.8 Å². The number of alkyl halides is 3. The second-order valence-electron chi connectivity index (χ2n) is 5.75. The van der Waals surface area contributed by atoms with Crippen molar-refractivity contribution in [3.05, 3.63) is 72.6 Å². The van der Waals surface area contributed by atoms with Crippen molar-refractivity contribution in [1.29, 1.82) is 0 Å². The first-order valence-electron chi connectivity index (χ1n) is 7.66. The largest absolute Gasteiger partial charge is 0.573 e. The zero-order chi connectivity index (χ0) is 17.4. The average Bonchev–Trinajstić information content (AvgIpc) is 2.95. The number of fused-ring (bicyclic) bond motifs is 2. The zero-order valence-electron chi connectivity index (χ0n) is 13.0. The Morgan fingerprint density at radius 1 is 0.920 bits per heavy atom. The molecule has 0 radical (unpaired) electrons. The van der Waals surface area contributed by atoms with Crippen molar-refractivity contribution in [3.8, 4) is 5.75 Å². The summed E-state index contributed by atoms with van der Waals surface area (Å²) in [5, 5.41) is 2.24. The van der Waals surface area contributed by atoms with Crippen LogP contribution in [-0.2, 0) is 6.54 Å². The molecule has 0 aliphatic rings. The van der Waals surface area contributed by atoms with E-state index in [1.807, 2.05) is 34.9 Å². The Hall–Kier alpha value is -3.02. The van der Waals surface area contributed by atoms with Gasteiger partial charge < -0.3 is 9.30 Å². The highest BCUT2D eigenvalue weighted by atomic mass is 19.4. The van der Waals surface area contributed by atoms with Crippen LogP contribution in [0, 0.1) is 0 Å². The average molecular weight is 342 g/mol. The Labute approximate surface area is 141 Å². The van der Waals surface area contributed by atoms with Gasteiger partial charge in [0.15, 0.2) is 0 Å². The summed E-state index contributed by atoms with van der Waals surface area (Å²) in [5.74, 6) is -0.224. The Morgan fingerprint density at radius 2 is 1.60 bits per heavy atom. The molecule has 3 aromatic carbocycles. The Bertz CT molecular complexity index is 1040. The topological polar surface area (TPSA) is 27.1 Å². The number of imidazole rings is 1. The van der Waals surface area contributed by atoms with Gasteiger partial charge in [0, 0.05) is 6.54 Å². The molecular weight excluding hydrogens is 329 g/mol. The number of benzene rings is 3. The molecule has 3 nitrogen and oxygen atoms in total. The molecule has 0 unspecified atom stereocenters. The first-order valence-corrected chi connectivity index (χ1v) is 7.66. The molecule has 126 valence electrons. The van der Waals surface area contributed by atoms with Crippen LogP contribution in [0.5, 0.6) is 5.75 Å². The van der Waals surface area contributed by atoms with Crippen LogP contribution in [0.1, 0.15) is 5.56 Å². The molecule has 6 heteroatoms. The molecule has 0 aliphatic heterocycles. The van der Waals surface area contributed by atoms with Crippen LogP contribution in [0.2, 0.25) is 0 Å². The van der Waals surface area contributed by atoms with Crippen LogP contribution in [0.4, 0.5) is 13.2 Å². The minimum Gasteiger partial charge on any atom is -0.406 e. The Kier molecular flexibility index (Phi) is 3.60. The highest BCUT2D eigenvalue weighted by molar-refractivity contribution is 5.95. The monoisotopic (exact) mass is 342 g/mol. The van der Waals surface area contributed by atoms with Crippen LogP contribution < -0.4 is 4.74 Å². The van der Waals surface area contributed by atoms with Crippen molar-refractivity contribution in [3.63, 3.8) is 0 Å². The molecule has 4 rings (SSSR count). The number of aromatic nitrogens is 2. The fourth-order valence-corrected chi connectivity index (χ4v) is 2.86. The highest BCUT2D eigenvalue weighted by Gasteiger charge is 2.30. The summed E-state index contributed by atoms with van der Waals surface area (Å²) in [6, 6.07) is 18.0. The molecule has 0 amide bonds. The van der Waals surface area contributed by atoms with Gasteiger partial charge in [-0.1, -0.05) is 36.4 Å². The number of hydrogen-bond donors (Lipinski definition) is 0. The molecule has 25 heavy (non-hydrogen) atoms. The van der Waals surface area contributed by atoms with Gasteiger partial charge in [-0.25, -0.2) is 4.98 Å². The van der Waals surface area contributed by atoms with Crippen molar-refractivity contribution in [2.75, 3.05) is 0 Å². The first-order chi connectivity index (χ1) is 12.0. The van der Waals surface area contributed by atoms with Crippen LogP contribution in [0.15, 0.2) is 67.0 Å².